The summed E-state index contributed by atoms with van der Waals surface area (Å²) in [7, 11) is 1.68. The zero-order valence-electron chi connectivity index (χ0n) is 4.98. The van der Waals surface area contributed by atoms with E-state index in [1.165, 1.54) is 0 Å². The molecule has 0 aromatic rings. The van der Waals surface area contributed by atoms with Gasteiger partial charge in [-0.15, -0.1) is 0 Å². The Morgan fingerprint density at radius 3 is 3.25 bits per heavy atom. The van der Waals surface area contributed by atoms with Crippen LogP contribution in [-0.2, 0) is 4.74 Å². The van der Waals surface area contributed by atoms with E-state index in [0.29, 0.717) is 6.61 Å². The minimum absolute atomic E-state index is 0.674. The van der Waals surface area contributed by atoms with Gasteiger partial charge in [-0.1, -0.05) is 0 Å². The fraction of sp³-hybridized carbons (Fsp3) is 0.800. The van der Waals surface area contributed by atoms with Crippen LogP contribution in [0.2, 0.25) is 0 Å². The largest absolute Gasteiger partial charge is 0.379 e. The summed E-state index contributed by atoms with van der Waals surface area (Å²) in [6.45, 7) is 1.64. The van der Waals surface area contributed by atoms with Crippen LogP contribution in [0, 0.1) is 0 Å². The second-order valence-corrected chi connectivity index (χ2v) is 1.77. The molecular weight excluding hydrogens is 104 g/mol. The molecule has 1 aliphatic heterocycles. The predicted octanol–water partition coefficient (Wildman–Crippen LogP) is -0.0179. The fourth-order valence-corrected chi connectivity index (χ4v) is 0.695. The Hall–Kier alpha value is -0.570. The molecule has 0 fully saturated rings. The van der Waals surface area contributed by atoms with E-state index in [1.807, 2.05) is 0 Å². The Morgan fingerprint density at radius 1 is 1.88 bits per heavy atom. The van der Waals surface area contributed by atoms with Gasteiger partial charge in [-0.25, -0.2) is 0 Å². The van der Waals surface area contributed by atoms with Gasteiger partial charge in [0.05, 0.1) is 12.3 Å². The lowest BCUT2D eigenvalue weighted by atomic mass is 10.3. The summed E-state index contributed by atoms with van der Waals surface area (Å²) in [6.07, 6.45) is 1.04. The first kappa shape index (κ1) is 5.56. The highest BCUT2D eigenvalue weighted by Crippen LogP contribution is 1.91. The zero-order valence-corrected chi connectivity index (χ0v) is 4.98. The quantitative estimate of drug-likeness (QED) is 0.547. The lowest BCUT2D eigenvalue weighted by Gasteiger charge is -1.91. The van der Waals surface area contributed by atoms with Gasteiger partial charge in [-0.3, -0.25) is 0 Å². The standard InChI is InChI=1S/C5H10N2O/c1-8-4-5-2-3-6-7-5/h6H,2-4H2,1H3. The van der Waals surface area contributed by atoms with Crippen molar-refractivity contribution in [2.75, 3.05) is 20.3 Å². The number of hydrogen-bond donors (Lipinski definition) is 1. The number of hydrazone groups is 1. The third-order valence-electron chi connectivity index (χ3n) is 1.07. The molecule has 0 saturated heterocycles. The molecule has 0 aromatic heterocycles. The van der Waals surface area contributed by atoms with E-state index in [2.05, 4.69) is 10.5 Å². The molecule has 1 heterocycles. The lowest BCUT2D eigenvalue weighted by molar-refractivity contribution is 0.244. The molecule has 3 heteroatoms. The van der Waals surface area contributed by atoms with Crippen molar-refractivity contribution in [3.05, 3.63) is 0 Å². The second-order valence-electron chi connectivity index (χ2n) is 1.77. The summed E-state index contributed by atoms with van der Waals surface area (Å²) in [5.41, 5.74) is 3.98. The van der Waals surface area contributed by atoms with Crippen LogP contribution < -0.4 is 5.43 Å². The van der Waals surface area contributed by atoms with Crippen molar-refractivity contribution < 1.29 is 4.74 Å². The van der Waals surface area contributed by atoms with Crippen LogP contribution in [-0.4, -0.2) is 26.0 Å². The Labute approximate surface area is 48.7 Å². The molecule has 0 unspecified atom stereocenters. The van der Waals surface area contributed by atoms with E-state index < -0.39 is 0 Å². The smallest absolute Gasteiger partial charge is 0.0863 e. The maximum atomic E-state index is 4.85. The van der Waals surface area contributed by atoms with E-state index in [0.717, 1.165) is 18.7 Å². The Balaban J connectivity index is 2.23. The first-order valence-electron chi connectivity index (χ1n) is 2.70. The highest BCUT2D eigenvalue weighted by Gasteiger charge is 2.02. The topological polar surface area (TPSA) is 33.6 Å². The zero-order chi connectivity index (χ0) is 5.82. The van der Waals surface area contributed by atoms with Crippen LogP contribution >= 0.6 is 0 Å². The molecule has 0 aromatic carbocycles. The Morgan fingerprint density at radius 2 is 2.75 bits per heavy atom. The highest BCUT2D eigenvalue weighted by atomic mass is 16.5. The second kappa shape index (κ2) is 2.67. The molecule has 0 atom stereocenters. The first-order chi connectivity index (χ1) is 3.93. The van der Waals surface area contributed by atoms with E-state index in [9.17, 15) is 0 Å². The maximum Gasteiger partial charge on any atom is 0.0863 e. The summed E-state index contributed by atoms with van der Waals surface area (Å²) in [5, 5.41) is 3.97. The summed E-state index contributed by atoms with van der Waals surface area (Å²) < 4.78 is 4.85. The van der Waals surface area contributed by atoms with Crippen molar-refractivity contribution >= 4 is 5.71 Å². The third kappa shape index (κ3) is 1.20. The van der Waals surface area contributed by atoms with Crippen molar-refractivity contribution in [1.82, 2.24) is 5.43 Å². The van der Waals surface area contributed by atoms with Crippen molar-refractivity contribution in [3.8, 4) is 0 Å². The monoisotopic (exact) mass is 114 g/mol. The SMILES string of the molecule is COCC1=NNCC1. The number of rotatable bonds is 2. The Kier molecular flexibility index (Phi) is 1.86. The number of ether oxygens (including phenoxy) is 1. The molecule has 0 bridgehead atoms. The Bertz CT molecular complexity index is 101. The maximum absolute atomic E-state index is 4.85. The summed E-state index contributed by atoms with van der Waals surface area (Å²) in [5.74, 6) is 0. The van der Waals surface area contributed by atoms with E-state index in [4.69, 9.17) is 4.74 Å². The van der Waals surface area contributed by atoms with E-state index >= 15 is 0 Å². The average molecular weight is 114 g/mol. The number of nitrogens with one attached hydrogen (secondary N) is 1. The number of hydrogen-bond acceptors (Lipinski definition) is 3. The molecule has 0 amide bonds. The van der Waals surface area contributed by atoms with Gasteiger partial charge >= 0.3 is 0 Å². The normalized spacial score (nSPS) is 17.9. The van der Waals surface area contributed by atoms with Crippen LogP contribution in [0.25, 0.3) is 0 Å². The number of nitrogens with zero attached hydrogens (tertiary/aromatic N) is 1. The summed E-state index contributed by atoms with van der Waals surface area (Å²) >= 11 is 0. The van der Waals surface area contributed by atoms with Crippen LogP contribution in [0.3, 0.4) is 0 Å². The summed E-state index contributed by atoms with van der Waals surface area (Å²) in [4.78, 5) is 0. The van der Waals surface area contributed by atoms with Gasteiger partial charge in [-0.05, 0) is 0 Å². The minimum Gasteiger partial charge on any atom is -0.379 e. The van der Waals surface area contributed by atoms with Gasteiger partial charge in [-0.2, -0.15) is 5.10 Å². The molecule has 0 radical (unpaired) electrons. The molecular formula is C5H10N2O. The van der Waals surface area contributed by atoms with Gasteiger partial charge in [0.1, 0.15) is 0 Å². The molecule has 0 saturated carbocycles. The molecule has 1 aliphatic rings. The van der Waals surface area contributed by atoms with Crippen LogP contribution in [0.15, 0.2) is 5.10 Å². The molecule has 0 aliphatic carbocycles. The van der Waals surface area contributed by atoms with Crippen molar-refractivity contribution in [1.29, 1.82) is 0 Å². The van der Waals surface area contributed by atoms with Gasteiger partial charge in [0, 0.05) is 20.1 Å². The van der Waals surface area contributed by atoms with Gasteiger partial charge in [0.15, 0.2) is 0 Å². The van der Waals surface area contributed by atoms with Crippen LogP contribution in [0.5, 0.6) is 0 Å². The first-order valence-corrected chi connectivity index (χ1v) is 2.70. The minimum atomic E-state index is 0.674. The predicted molar refractivity (Wildman–Crippen MR) is 31.9 cm³/mol. The highest BCUT2D eigenvalue weighted by molar-refractivity contribution is 5.86. The van der Waals surface area contributed by atoms with E-state index in [1.54, 1.807) is 7.11 Å². The lowest BCUT2D eigenvalue weighted by Crippen LogP contribution is -2.02. The molecule has 1 rings (SSSR count). The molecule has 8 heavy (non-hydrogen) atoms. The van der Waals surface area contributed by atoms with E-state index in [-0.39, 0.29) is 0 Å². The molecule has 46 valence electrons. The van der Waals surface area contributed by atoms with Gasteiger partial charge in [0.2, 0.25) is 0 Å². The van der Waals surface area contributed by atoms with Gasteiger partial charge < -0.3 is 10.2 Å². The molecule has 3 nitrogen and oxygen atoms in total. The molecule has 1 N–H and O–H groups in total. The molecule has 0 spiro atoms. The van der Waals surface area contributed by atoms with Crippen molar-refractivity contribution in [3.63, 3.8) is 0 Å². The van der Waals surface area contributed by atoms with Crippen LogP contribution in [0.4, 0.5) is 0 Å². The fourth-order valence-electron chi connectivity index (χ4n) is 0.695. The van der Waals surface area contributed by atoms with Gasteiger partial charge in [0.25, 0.3) is 0 Å². The van der Waals surface area contributed by atoms with Crippen molar-refractivity contribution in [2.45, 2.75) is 6.42 Å². The van der Waals surface area contributed by atoms with Crippen LogP contribution in [0.1, 0.15) is 6.42 Å². The summed E-state index contributed by atoms with van der Waals surface area (Å²) in [6, 6.07) is 0. The number of methoxy groups -OCH3 is 1. The third-order valence-corrected chi connectivity index (χ3v) is 1.07. The van der Waals surface area contributed by atoms with Crippen molar-refractivity contribution in [2.24, 2.45) is 5.10 Å². The average Bonchev–Trinajstić information content (AvgIpc) is 2.19.